The molecule has 0 spiro atoms. The van der Waals surface area contributed by atoms with Crippen LogP contribution in [0.4, 0.5) is 8.78 Å². The van der Waals surface area contributed by atoms with E-state index in [2.05, 4.69) is 21.2 Å². The molecule has 1 N–H and O–H groups in total. The summed E-state index contributed by atoms with van der Waals surface area (Å²) in [7, 11) is 0. The van der Waals surface area contributed by atoms with Gasteiger partial charge in [-0.25, -0.2) is 8.78 Å². The highest BCUT2D eigenvalue weighted by Crippen LogP contribution is 2.24. The molecule has 19 heavy (non-hydrogen) atoms. The number of rotatable bonds is 4. The molecule has 2 rings (SSSR count). The molecule has 0 radical (unpaired) electrons. The zero-order chi connectivity index (χ0) is 13.8. The van der Waals surface area contributed by atoms with Crippen molar-refractivity contribution >= 4 is 21.7 Å². The summed E-state index contributed by atoms with van der Waals surface area (Å²) in [6.45, 7) is 1.83. The van der Waals surface area contributed by atoms with Crippen LogP contribution >= 0.6 is 15.9 Å². The summed E-state index contributed by atoms with van der Waals surface area (Å²) in [4.78, 5) is 11.9. The van der Waals surface area contributed by atoms with Gasteiger partial charge >= 0.3 is 0 Å². The average molecular weight is 332 g/mol. The smallest absolute Gasteiger partial charge is 0.143 e. The summed E-state index contributed by atoms with van der Waals surface area (Å²) in [6, 6.07) is 2.49. The molecule has 1 heterocycles. The predicted molar refractivity (Wildman–Crippen MR) is 73.0 cm³/mol. The molecular formula is C14H16BrF2NO. The summed E-state index contributed by atoms with van der Waals surface area (Å²) in [5.74, 6) is -1.08. The molecule has 0 bridgehead atoms. The van der Waals surface area contributed by atoms with Crippen molar-refractivity contribution in [3.05, 3.63) is 33.8 Å². The van der Waals surface area contributed by atoms with Crippen molar-refractivity contribution in [2.45, 2.75) is 25.7 Å². The lowest BCUT2D eigenvalue weighted by atomic mass is 9.91. The van der Waals surface area contributed by atoms with Gasteiger partial charge in [-0.2, -0.15) is 0 Å². The largest absolute Gasteiger partial charge is 0.317 e. The summed E-state index contributed by atoms with van der Waals surface area (Å²) in [5.41, 5.74) is -0.131. The monoisotopic (exact) mass is 331 g/mol. The quantitative estimate of drug-likeness (QED) is 0.858. The number of carbonyl (C=O) groups excluding carboxylic acids is 1. The van der Waals surface area contributed by atoms with Crippen LogP contribution in [-0.4, -0.2) is 18.9 Å². The molecule has 0 aromatic heterocycles. The van der Waals surface area contributed by atoms with E-state index in [0.717, 1.165) is 25.9 Å². The number of benzene rings is 1. The van der Waals surface area contributed by atoms with Gasteiger partial charge in [0, 0.05) is 18.4 Å². The second-order valence-electron chi connectivity index (χ2n) is 4.93. The maximum atomic E-state index is 13.8. The number of ketones is 1. The number of halogens is 3. The first kappa shape index (κ1) is 14.6. The molecule has 0 amide bonds. The van der Waals surface area contributed by atoms with E-state index in [1.165, 1.54) is 12.1 Å². The normalized spacial score (nSPS) is 16.6. The third kappa shape index (κ3) is 3.83. The Kier molecular flexibility index (Phi) is 5.05. The van der Waals surface area contributed by atoms with Gasteiger partial charge < -0.3 is 5.32 Å². The van der Waals surface area contributed by atoms with E-state index in [1.54, 1.807) is 0 Å². The van der Waals surface area contributed by atoms with Crippen molar-refractivity contribution in [2.24, 2.45) is 5.92 Å². The van der Waals surface area contributed by atoms with Crippen molar-refractivity contribution in [1.82, 2.24) is 5.32 Å². The molecule has 2 nitrogen and oxygen atoms in total. The molecule has 1 saturated heterocycles. The minimum Gasteiger partial charge on any atom is -0.317 e. The summed E-state index contributed by atoms with van der Waals surface area (Å²) >= 11 is 3.01. The maximum absolute atomic E-state index is 13.8. The molecule has 1 aromatic carbocycles. The Bertz CT molecular complexity index is 473. The molecule has 0 saturated carbocycles. The van der Waals surface area contributed by atoms with Crippen molar-refractivity contribution in [1.29, 1.82) is 0 Å². The van der Waals surface area contributed by atoms with Crippen LogP contribution in [0.25, 0.3) is 0 Å². The molecular weight excluding hydrogens is 316 g/mol. The Balaban J connectivity index is 2.00. The van der Waals surface area contributed by atoms with Crippen LogP contribution in [0.5, 0.6) is 0 Å². The molecule has 1 fully saturated rings. The van der Waals surface area contributed by atoms with Gasteiger partial charge in [-0.3, -0.25) is 4.79 Å². The molecule has 0 aliphatic carbocycles. The van der Waals surface area contributed by atoms with Gasteiger partial charge in [0.15, 0.2) is 0 Å². The third-order valence-electron chi connectivity index (χ3n) is 3.49. The minimum atomic E-state index is -0.668. The van der Waals surface area contributed by atoms with E-state index >= 15 is 0 Å². The van der Waals surface area contributed by atoms with E-state index in [0.29, 0.717) is 12.3 Å². The topological polar surface area (TPSA) is 29.1 Å². The first-order valence-electron chi connectivity index (χ1n) is 6.42. The van der Waals surface area contributed by atoms with Gasteiger partial charge in [-0.05, 0) is 59.9 Å². The molecule has 1 aliphatic rings. The van der Waals surface area contributed by atoms with E-state index in [9.17, 15) is 13.6 Å². The van der Waals surface area contributed by atoms with E-state index in [1.807, 2.05) is 0 Å². The lowest BCUT2D eigenvalue weighted by Crippen LogP contribution is -2.29. The van der Waals surface area contributed by atoms with Crippen LogP contribution in [0.2, 0.25) is 0 Å². The third-order valence-corrected chi connectivity index (χ3v) is 4.10. The van der Waals surface area contributed by atoms with Crippen molar-refractivity contribution in [3.63, 3.8) is 0 Å². The van der Waals surface area contributed by atoms with Crippen LogP contribution in [0, 0.1) is 17.6 Å². The first-order valence-corrected chi connectivity index (χ1v) is 7.22. The number of hydrogen-bond donors (Lipinski definition) is 1. The number of hydrogen-bond acceptors (Lipinski definition) is 2. The Morgan fingerprint density at radius 2 is 2.00 bits per heavy atom. The summed E-state index contributed by atoms with van der Waals surface area (Å²) < 4.78 is 27.5. The Hall–Kier alpha value is -0.810. The highest BCUT2D eigenvalue weighted by atomic mass is 79.9. The van der Waals surface area contributed by atoms with Crippen LogP contribution < -0.4 is 5.32 Å². The van der Waals surface area contributed by atoms with E-state index < -0.39 is 11.6 Å². The van der Waals surface area contributed by atoms with E-state index in [-0.39, 0.29) is 22.2 Å². The fraction of sp³-hybridized carbons (Fsp3) is 0.500. The second-order valence-corrected chi connectivity index (χ2v) is 5.79. The lowest BCUT2D eigenvalue weighted by molar-refractivity contribution is -0.119. The maximum Gasteiger partial charge on any atom is 0.143 e. The van der Waals surface area contributed by atoms with Gasteiger partial charge in [0.25, 0.3) is 0 Å². The van der Waals surface area contributed by atoms with Gasteiger partial charge in [0.2, 0.25) is 0 Å². The minimum absolute atomic E-state index is 0.0946. The number of nitrogens with one attached hydrogen (secondary N) is 1. The highest BCUT2D eigenvalue weighted by Gasteiger charge is 2.20. The molecule has 0 atom stereocenters. The highest BCUT2D eigenvalue weighted by molar-refractivity contribution is 9.10. The summed E-state index contributed by atoms with van der Waals surface area (Å²) in [5, 5.41) is 3.23. The first-order chi connectivity index (χ1) is 9.08. The standard InChI is InChI=1S/C14H16BrF2NO/c15-12-1-2-13(16)11(14(12)17)8-10(19)7-9-3-5-18-6-4-9/h1-2,9,18H,3-8H2. The van der Waals surface area contributed by atoms with Crippen LogP contribution in [-0.2, 0) is 11.2 Å². The van der Waals surface area contributed by atoms with Gasteiger partial charge in [-0.1, -0.05) is 0 Å². The SMILES string of the molecule is O=C(Cc1c(F)ccc(Br)c1F)CC1CCNCC1. The Morgan fingerprint density at radius 3 is 2.68 bits per heavy atom. The number of carbonyl (C=O) groups is 1. The van der Waals surface area contributed by atoms with Crippen LogP contribution in [0.1, 0.15) is 24.8 Å². The molecule has 1 aromatic rings. The van der Waals surface area contributed by atoms with E-state index in [4.69, 9.17) is 0 Å². The zero-order valence-electron chi connectivity index (χ0n) is 10.5. The van der Waals surface area contributed by atoms with Gasteiger partial charge in [0.1, 0.15) is 17.4 Å². The zero-order valence-corrected chi connectivity index (χ0v) is 12.1. The van der Waals surface area contributed by atoms with Crippen LogP contribution in [0.3, 0.4) is 0 Å². The van der Waals surface area contributed by atoms with Crippen molar-refractivity contribution in [3.8, 4) is 0 Å². The lowest BCUT2D eigenvalue weighted by Gasteiger charge is -2.21. The molecule has 5 heteroatoms. The Labute approximate surface area is 119 Å². The predicted octanol–water partition coefficient (Wildman–Crippen LogP) is 3.23. The molecule has 104 valence electrons. The van der Waals surface area contributed by atoms with Gasteiger partial charge in [0.05, 0.1) is 4.47 Å². The fourth-order valence-corrected chi connectivity index (χ4v) is 2.78. The number of Topliss-reactive ketones (excluding diaryl/α,β-unsaturated/α-hetero) is 1. The average Bonchev–Trinajstić information content (AvgIpc) is 2.40. The second kappa shape index (κ2) is 6.57. The number of piperidine rings is 1. The van der Waals surface area contributed by atoms with Crippen molar-refractivity contribution < 1.29 is 13.6 Å². The van der Waals surface area contributed by atoms with Gasteiger partial charge in [-0.15, -0.1) is 0 Å². The summed E-state index contributed by atoms with van der Waals surface area (Å²) in [6.07, 6.45) is 2.15. The van der Waals surface area contributed by atoms with Crippen LogP contribution in [0.15, 0.2) is 16.6 Å². The van der Waals surface area contributed by atoms with Crippen molar-refractivity contribution in [2.75, 3.05) is 13.1 Å². The Morgan fingerprint density at radius 1 is 1.32 bits per heavy atom. The fourth-order valence-electron chi connectivity index (χ4n) is 2.41. The molecule has 1 aliphatic heterocycles. The molecule has 0 unspecified atom stereocenters.